The molecule has 0 saturated heterocycles. The highest BCUT2D eigenvalue weighted by molar-refractivity contribution is 5.98. The first-order valence-electron chi connectivity index (χ1n) is 9.88. The summed E-state index contributed by atoms with van der Waals surface area (Å²) in [5.74, 6) is 2.06. The van der Waals surface area contributed by atoms with Crippen LogP contribution < -0.4 is 10.2 Å². The summed E-state index contributed by atoms with van der Waals surface area (Å²) in [5, 5.41) is 11.9. The molecule has 0 bridgehead atoms. The molecule has 2 heterocycles. The van der Waals surface area contributed by atoms with Crippen molar-refractivity contribution in [2.75, 3.05) is 18.0 Å². The van der Waals surface area contributed by atoms with Gasteiger partial charge in [0, 0.05) is 31.2 Å². The molecular formula is C20H28N6. The Labute approximate surface area is 155 Å². The van der Waals surface area contributed by atoms with Gasteiger partial charge in [0.1, 0.15) is 12.2 Å². The Morgan fingerprint density at radius 2 is 2.12 bits per heavy atom. The van der Waals surface area contributed by atoms with Crippen molar-refractivity contribution in [3.63, 3.8) is 0 Å². The zero-order valence-electron chi connectivity index (χ0n) is 15.6. The summed E-state index contributed by atoms with van der Waals surface area (Å²) in [7, 11) is 0. The van der Waals surface area contributed by atoms with Crippen LogP contribution >= 0.6 is 0 Å². The Kier molecular flexibility index (Phi) is 5.18. The molecule has 1 N–H and O–H groups in total. The van der Waals surface area contributed by atoms with E-state index in [2.05, 4.69) is 56.2 Å². The van der Waals surface area contributed by atoms with Crippen LogP contribution in [0.3, 0.4) is 0 Å². The Bertz CT molecular complexity index is 759. The summed E-state index contributed by atoms with van der Waals surface area (Å²) in [6.45, 7) is 4.67. The van der Waals surface area contributed by atoms with Gasteiger partial charge in [0.05, 0.1) is 6.54 Å². The van der Waals surface area contributed by atoms with Crippen LogP contribution in [-0.2, 0) is 19.4 Å². The van der Waals surface area contributed by atoms with Gasteiger partial charge in [0.15, 0.2) is 5.96 Å². The molecule has 4 rings (SSSR count). The SMILES string of the molecule is CCc1nncn1CCN=C(NC1CCCC1)N1CCc2ccccc21. The Morgan fingerprint density at radius 3 is 2.96 bits per heavy atom. The van der Waals surface area contributed by atoms with E-state index in [0.717, 1.165) is 44.3 Å². The second kappa shape index (κ2) is 7.89. The van der Waals surface area contributed by atoms with Gasteiger partial charge in [0.2, 0.25) is 0 Å². The zero-order valence-corrected chi connectivity index (χ0v) is 15.6. The lowest BCUT2D eigenvalue weighted by atomic mass is 10.2. The van der Waals surface area contributed by atoms with Gasteiger partial charge in [-0.25, -0.2) is 0 Å². The molecule has 0 atom stereocenters. The standard InChI is InChI=1S/C20H28N6/c1-2-19-24-22-15-25(19)14-12-21-20(23-17-8-4-5-9-17)26-13-11-16-7-3-6-10-18(16)26/h3,6-7,10,15,17H,2,4-5,8-9,11-14H2,1H3,(H,21,23). The normalized spacial score (nSPS) is 17.7. The lowest BCUT2D eigenvalue weighted by molar-refractivity contribution is 0.615. The number of nitrogens with one attached hydrogen (secondary N) is 1. The van der Waals surface area contributed by atoms with Crippen molar-refractivity contribution in [2.45, 2.75) is 58.0 Å². The molecule has 0 spiro atoms. The highest BCUT2D eigenvalue weighted by atomic mass is 15.3. The third-order valence-electron chi connectivity index (χ3n) is 5.45. The molecule has 1 fully saturated rings. The van der Waals surface area contributed by atoms with Gasteiger partial charge >= 0.3 is 0 Å². The number of rotatable bonds is 5. The number of nitrogens with zero attached hydrogens (tertiary/aromatic N) is 5. The highest BCUT2D eigenvalue weighted by Crippen LogP contribution is 2.28. The minimum atomic E-state index is 0.558. The van der Waals surface area contributed by atoms with E-state index in [1.165, 1.54) is 36.9 Å². The molecule has 2 aromatic rings. The maximum atomic E-state index is 4.97. The van der Waals surface area contributed by atoms with Crippen LogP contribution in [0.4, 0.5) is 5.69 Å². The fourth-order valence-corrected chi connectivity index (χ4v) is 4.02. The van der Waals surface area contributed by atoms with Crippen molar-refractivity contribution < 1.29 is 0 Å². The molecule has 1 aliphatic carbocycles. The maximum Gasteiger partial charge on any atom is 0.198 e. The van der Waals surface area contributed by atoms with Crippen molar-refractivity contribution in [2.24, 2.45) is 4.99 Å². The van der Waals surface area contributed by atoms with Crippen LogP contribution in [0.15, 0.2) is 35.6 Å². The van der Waals surface area contributed by atoms with E-state index in [9.17, 15) is 0 Å². The van der Waals surface area contributed by atoms with Crippen molar-refractivity contribution in [1.82, 2.24) is 20.1 Å². The average molecular weight is 352 g/mol. The number of hydrogen-bond donors (Lipinski definition) is 1. The molecule has 1 aromatic heterocycles. The van der Waals surface area contributed by atoms with Gasteiger partial charge in [-0.2, -0.15) is 0 Å². The number of anilines is 1. The number of aliphatic imine (C=N–C) groups is 1. The van der Waals surface area contributed by atoms with Gasteiger partial charge in [-0.05, 0) is 30.9 Å². The van der Waals surface area contributed by atoms with Crippen molar-refractivity contribution in [3.8, 4) is 0 Å². The van der Waals surface area contributed by atoms with Crippen molar-refractivity contribution >= 4 is 11.6 Å². The van der Waals surface area contributed by atoms with E-state index < -0.39 is 0 Å². The predicted molar refractivity (Wildman–Crippen MR) is 105 cm³/mol. The van der Waals surface area contributed by atoms with Crippen LogP contribution in [0, 0.1) is 0 Å². The number of benzene rings is 1. The third kappa shape index (κ3) is 3.59. The lowest BCUT2D eigenvalue weighted by Crippen LogP contribution is -2.45. The second-order valence-corrected chi connectivity index (χ2v) is 7.16. The molecule has 0 amide bonds. The van der Waals surface area contributed by atoms with Crippen molar-refractivity contribution in [3.05, 3.63) is 42.0 Å². The largest absolute Gasteiger partial charge is 0.353 e. The summed E-state index contributed by atoms with van der Waals surface area (Å²) in [6.07, 6.45) is 8.94. The second-order valence-electron chi connectivity index (χ2n) is 7.16. The Hall–Kier alpha value is -2.37. The molecule has 6 heteroatoms. The summed E-state index contributed by atoms with van der Waals surface area (Å²) >= 11 is 0. The zero-order chi connectivity index (χ0) is 17.8. The molecule has 1 aliphatic heterocycles. The quantitative estimate of drug-likeness (QED) is 0.664. The number of hydrogen-bond acceptors (Lipinski definition) is 3. The van der Waals surface area contributed by atoms with E-state index in [-0.39, 0.29) is 0 Å². The van der Waals surface area contributed by atoms with Crippen LogP contribution in [0.2, 0.25) is 0 Å². The van der Waals surface area contributed by atoms with Crippen LogP contribution in [0.5, 0.6) is 0 Å². The molecule has 1 saturated carbocycles. The number of aryl methyl sites for hydroxylation is 1. The minimum Gasteiger partial charge on any atom is -0.353 e. The van der Waals surface area contributed by atoms with Crippen LogP contribution in [-0.4, -0.2) is 39.9 Å². The van der Waals surface area contributed by atoms with Crippen LogP contribution in [0.25, 0.3) is 0 Å². The molecule has 6 nitrogen and oxygen atoms in total. The van der Waals surface area contributed by atoms with E-state index >= 15 is 0 Å². The van der Waals surface area contributed by atoms with E-state index in [0.29, 0.717) is 6.04 Å². The van der Waals surface area contributed by atoms with E-state index in [1.54, 1.807) is 0 Å². The highest BCUT2D eigenvalue weighted by Gasteiger charge is 2.25. The van der Waals surface area contributed by atoms with Gasteiger partial charge in [-0.15, -0.1) is 10.2 Å². The van der Waals surface area contributed by atoms with Gasteiger partial charge in [0.25, 0.3) is 0 Å². The van der Waals surface area contributed by atoms with E-state index in [1.807, 2.05) is 6.33 Å². The minimum absolute atomic E-state index is 0.558. The molecule has 2 aliphatic rings. The first-order chi connectivity index (χ1) is 12.8. The monoisotopic (exact) mass is 352 g/mol. The summed E-state index contributed by atoms with van der Waals surface area (Å²) in [5.41, 5.74) is 2.72. The molecular weight excluding hydrogens is 324 g/mol. The smallest absolute Gasteiger partial charge is 0.198 e. The summed E-state index contributed by atoms with van der Waals surface area (Å²) in [6, 6.07) is 9.25. The number of guanidine groups is 1. The molecule has 26 heavy (non-hydrogen) atoms. The first kappa shape index (κ1) is 17.1. The van der Waals surface area contributed by atoms with Crippen LogP contribution in [0.1, 0.15) is 44.0 Å². The number of para-hydroxylation sites is 1. The molecule has 0 unspecified atom stereocenters. The first-order valence-corrected chi connectivity index (χ1v) is 9.88. The maximum absolute atomic E-state index is 4.97. The average Bonchev–Trinajstić information content (AvgIpc) is 3.41. The summed E-state index contributed by atoms with van der Waals surface area (Å²) < 4.78 is 2.11. The summed E-state index contributed by atoms with van der Waals surface area (Å²) in [4.78, 5) is 7.34. The molecule has 1 aromatic carbocycles. The Morgan fingerprint density at radius 1 is 1.27 bits per heavy atom. The third-order valence-corrected chi connectivity index (χ3v) is 5.45. The fourth-order valence-electron chi connectivity index (χ4n) is 4.02. The topological polar surface area (TPSA) is 58.3 Å². The van der Waals surface area contributed by atoms with E-state index in [4.69, 9.17) is 4.99 Å². The number of aromatic nitrogens is 3. The van der Waals surface area contributed by atoms with Gasteiger partial charge in [-0.1, -0.05) is 38.0 Å². The van der Waals surface area contributed by atoms with Crippen molar-refractivity contribution in [1.29, 1.82) is 0 Å². The predicted octanol–water partition coefficient (Wildman–Crippen LogP) is 2.79. The fraction of sp³-hybridized carbons (Fsp3) is 0.550. The molecule has 138 valence electrons. The molecule has 0 radical (unpaired) electrons. The lowest BCUT2D eigenvalue weighted by Gasteiger charge is -2.25. The van der Waals surface area contributed by atoms with Gasteiger partial charge in [-0.3, -0.25) is 4.99 Å². The Balaban J connectivity index is 1.51. The number of fused-ring (bicyclic) bond motifs is 1. The van der Waals surface area contributed by atoms with Gasteiger partial charge < -0.3 is 14.8 Å².